The number of nitrogens with zero attached hydrogens (tertiary/aromatic N) is 8. The third-order valence-corrected chi connectivity index (χ3v) is 17.5. The minimum absolute atomic E-state index is 0.000969. The summed E-state index contributed by atoms with van der Waals surface area (Å²) in [6.45, 7) is 15.2. The Hall–Kier alpha value is -6.75. The molecule has 76 heavy (non-hydrogen) atoms. The molecule has 20 nitrogen and oxygen atoms in total. The molecule has 3 aliphatic rings. The number of aliphatic hydroxyl groups is 1. The summed E-state index contributed by atoms with van der Waals surface area (Å²) in [6, 6.07) is 18.9. The summed E-state index contributed by atoms with van der Waals surface area (Å²) in [7, 11) is -1.96. The van der Waals surface area contributed by atoms with E-state index < -0.39 is 50.5 Å². The van der Waals surface area contributed by atoms with Crippen LogP contribution in [0.3, 0.4) is 0 Å². The van der Waals surface area contributed by atoms with Crippen LogP contribution in [0, 0.1) is 12.3 Å². The number of hydrogen-bond donors (Lipinski definition) is 5. The lowest BCUT2D eigenvalue weighted by Gasteiger charge is -2.43. The number of likely N-dealkylation sites (tertiary alicyclic amines) is 1. The van der Waals surface area contributed by atoms with E-state index in [0.29, 0.717) is 36.3 Å². The number of aliphatic hydroxyl groups excluding tert-OH is 1. The highest BCUT2D eigenvalue weighted by Gasteiger charge is 2.44. The van der Waals surface area contributed by atoms with E-state index in [4.69, 9.17) is 4.74 Å². The van der Waals surface area contributed by atoms with E-state index in [1.807, 2.05) is 80.6 Å². The van der Waals surface area contributed by atoms with Gasteiger partial charge in [-0.1, -0.05) is 57.2 Å². The number of para-hydroxylation sites is 1. The van der Waals surface area contributed by atoms with Crippen molar-refractivity contribution in [2.75, 3.05) is 68.5 Å². The molecular formula is C54H70N12O8S2. The Balaban J connectivity index is 0.773. The number of aromatic nitrogens is 4. The van der Waals surface area contributed by atoms with Crippen LogP contribution in [0.2, 0.25) is 0 Å². The van der Waals surface area contributed by atoms with Gasteiger partial charge in [0.1, 0.15) is 24.2 Å². The van der Waals surface area contributed by atoms with Crippen LogP contribution in [-0.2, 0) is 35.6 Å². The van der Waals surface area contributed by atoms with Gasteiger partial charge in [-0.2, -0.15) is 4.98 Å². The Morgan fingerprint density at radius 1 is 0.868 bits per heavy atom. The van der Waals surface area contributed by atoms with Crippen molar-refractivity contribution < 1.29 is 37.4 Å². The highest BCUT2D eigenvalue weighted by molar-refractivity contribution is 7.92. The highest BCUT2D eigenvalue weighted by atomic mass is 32.2. The van der Waals surface area contributed by atoms with E-state index in [0.717, 1.165) is 66.4 Å². The van der Waals surface area contributed by atoms with Gasteiger partial charge in [0, 0.05) is 89.4 Å². The molecule has 3 aromatic carbocycles. The van der Waals surface area contributed by atoms with Crippen molar-refractivity contribution in [1.29, 1.82) is 0 Å². The third kappa shape index (κ3) is 13.3. The molecule has 8 rings (SSSR count). The summed E-state index contributed by atoms with van der Waals surface area (Å²) in [4.78, 5) is 81.1. The summed E-state index contributed by atoms with van der Waals surface area (Å²) in [5.74, 6) is -0.363. The Morgan fingerprint density at radius 3 is 2.20 bits per heavy atom. The predicted octanol–water partition coefficient (Wildman–Crippen LogP) is 5.68. The fraction of sp³-hybridized carbons (Fsp3) is 0.481. The van der Waals surface area contributed by atoms with Gasteiger partial charge in [0.15, 0.2) is 9.84 Å². The summed E-state index contributed by atoms with van der Waals surface area (Å²) in [6.07, 6.45) is 2.33. The molecule has 0 aliphatic carbocycles. The van der Waals surface area contributed by atoms with Crippen molar-refractivity contribution in [2.45, 2.75) is 115 Å². The number of β-amino-alcohol motifs (C(OH)–C–C–N with tert-alkyl or cyclic N) is 1. The number of sulfone groups is 1. The van der Waals surface area contributed by atoms with Crippen molar-refractivity contribution in [3.05, 3.63) is 89.8 Å². The van der Waals surface area contributed by atoms with Crippen LogP contribution in [0.5, 0.6) is 5.75 Å². The number of rotatable bonds is 18. The average Bonchev–Trinajstić information content (AvgIpc) is 4.04. The SMILES string of the molecule is COc1cc(N2CCC(N3CCN(C(=O)CCC(=O)NC(C(=O)N4C[C@H](O)C[C@H]4C(=O)NCc4ccc(-c5scnc5C)cc4)C(C)(C)C)CC3)CC2)ccc1Nc1ncnc(Nc2ccccc2S(=O)(=O)C(C)C)n1. The Bertz CT molecular complexity index is 2970. The van der Waals surface area contributed by atoms with Crippen LogP contribution >= 0.6 is 11.3 Å². The molecular weight excluding hydrogens is 1010 g/mol. The van der Waals surface area contributed by atoms with Gasteiger partial charge < -0.3 is 45.8 Å². The minimum Gasteiger partial charge on any atom is -0.494 e. The number of carbonyl (C=O) groups excluding carboxylic acids is 4. The van der Waals surface area contributed by atoms with Gasteiger partial charge in [-0.25, -0.2) is 23.4 Å². The lowest BCUT2D eigenvalue weighted by Crippen LogP contribution is -2.57. The number of thiazole rings is 1. The molecule has 0 spiro atoms. The number of ether oxygens (including phenoxy) is 1. The van der Waals surface area contributed by atoms with Crippen molar-refractivity contribution >= 4 is 73.8 Å². The zero-order chi connectivity index (χ0) is 54.3. The quantitative estimate of drug-likeness (QED) is 0.0708. The number of amides is 4. The van der Waals surface area contributed by atoms with E-state index in [1.165, 1.54) is 11.2 Å². The van der Waals surface area contributed by atoms with Crippen LogP contribution in [0.1, 0.15) is 78.0 Å². The first kappa shape index (κ1) is 55.5. The number of benzene rings is 3. The number of hydrogen-bond acceptors (Lipinski definition) is 17. The van der Waals surface area contributed by atoms with E-state index >= 15 is 0 Å². The second kappa shape index (κ2) is 24.1. The minimum atomic E-state index is -3.56. The molecule has 4 amide bonds. The van der Waals surface area contributed by atoms with Gasteiger partial charge in [-0.05, 0) is 74.4 Å². The van der Waals surface area contributed by atoms with Gasteiger partial charge >= 0.3 is 0 Å². The number of nitrogens with one attached hydrogen (secondary N) is 4. The van der Waals surface area contributed by atoms with Crippen LogP contribution in [0.15, 0.2) is 83.5 Å². The van der Waals surface area contributed by atoms with Crippen molar-refractivity contribution in [2.24, 2.45) is 5.41 Å². The lowest BCUT2D eigenvalue weighted by atomic mass is 9.85. The van der Waals surface area contributed by atoms with Crippen LogP contribution in [0.4, 0.5) is 29.0 Å². The molecule has 3 atom stereocenters. The maximum absolute atomic E-state index is 14.2. The largest absolute Gasteiger partial charge is 0.494 e. The molecule has 3 saturated heterocycles. The summed E-state index contributed by atoms with van der Waals surface area (Å²) < 4.78 is 31.8. The fourth-order valence-electron chi connectivity index (χ4n) is 9.93. The number of anilines is 5. The molecule has 406 valence electrons. The second-order valence-corrected chi connectivity index (χ2v) is 24.3. The Morgan fingerprint density at radius 2 is 1.55 bits per heavy atom. The van der Waals surface area contributed by atoms with Gasteiger partial charge in [0.05, 0.1) is 50.8 Å². The standard InChI is InChI=1S/C54H70N12O8S2/c1-34(2)76(72,73)45-11-9-8-10-42(45)60-53-57-32-56-52(62-53)59-41-17-16-39(28-44(41)74-7)63-22-20-38(21-23-63)64-24-26-65(27-25-64)47(69)19-18-46(68)61-49(54(4,5)6)51(71)66-31-40(67)29-43(66)50(70)55-30-36-12-14-37(15-13-36)48-35(3)58-33-75-48/h8-17,28,32-34,38,40,43,49,67H,18-27,29-31H2,1-7H3,(H,55,70)(H,61,68)(H2,56,57,59,60,62)/t40-,43+,49?/m1/s1. The predicted molar refractivity (Wildman–Crippen MR) is 292 cm³/mol. The summed E-state index contributed by atoms with van der Waals surface area (Å²) in [5.41, 5.74) is 5.99. The van der Waals surface area contributed by atoms with Crippen LogP contribution < -0.4 is 30.9 Å². The number of carbonyl (C=O) groups is 4. The van der Waals surface area contributed by atoms with E-state index in [2.05, 4.69) is 51.0 Å². The Labute approximate surface area is 449 Å². The molecule has 5 heterocycles. The molecule has 2 aromatic heterocycles. The number of piperazine rings is 1. The van der Waals surface area contributed by atoms with Crippen molar-refractivity contribution in [3.63, 3.8) is 0 Å². The van der Waals surface area contributed by atoms with Crippen LogP contribution in [-0.4, -0.2) is 154 Å². The van der Waals surface area contributed by atoms with Crippen molar-refractivity contribution in [1.82, 2.24) is 45.3 Å². The highest BCUT2D eigenvalue weighted by Crippen LogP contribution is 2.35. The Kier molecular flexibility index (Phi) is 17.6. The second-order valence-electron chi connectivity index (χ2n) is 20.9. The molecule has 0 bridgehead atoms. The zero-order valence-electron chi connectivity index (χ0n) is 44.3. The average molecular weight is 1080 g/mol. The molecule has 0 saturated carbocycles. The third-order valence-electron chi connectivity index (χ3n) is 14.4. The van der Waals surface area contributed by atoms with E-state index in [1.54, 1.807) is 56.6 Å². The molecule has 5 aromatic rings. The first-order valence-electron chi connectivity index (χ1n) is 25.8. The van der Waals surface area contributed by atoms with E-state index in [-0.39, 0.29) is 61.0 Å². The number of methoxy groups -OCH3 is 1. The zero-order valence-corrected chi connectivity index (χ0v) is 45.9. The molecule has 3 fully saturated rings. The topological polar surface area (TPSA) is 245 Å². The molecule has 22 heteroatoms. The summed E-state index contributed by atoms with van der Waals surface area (Å²) in [5, 5.41) is 22.1. The molecule has 0 radical (unpaired) electrons. The van der Waals surface area contributed by atoms with Crippen LogP contribution in [0.25, 0.3) is 10.4 Å². The maximum Gasteiger partial charge on any atom is 0.246 e. The lowest BCUT2D eigenvalue weighted by molar-refractivity contribution is -0.144. The molecule has 5 N–H and O–H groups in total. The van der Waals surface area contributed by atoms with E-state index in [9.17, 15) is 32.7 Å². The van der Waals surface area contributed by atoms with Gasteiger partial charge in [0.25, 0.3) is 0 Å². The smallest absolute Gasteiger partial charge is 0.246 e. The number of aryl methyl sites for hydroxylation is 1. The van der Waals surface area contributed by atoms with Gasteiger partial charge in [-0.3, -0.25) is 24.1 Å². The fourth-order valence-corrected chi connectivity index (χ4v) is 11.9. The molecule has 1 unspecified atom stereocenters. The van der Waals surface area contributed by atoms with Crippen molar-refractivity contribution in [3.8, 4) is 16.2 Å². The normalized spacial score (nSPS) is 18.1. The first-order chi connectivity index (χ1) is 36.3. The summed E-state index contributed by atoms with van der Waals surface area (Å²) >= 11 is 1.57. The van der Waals surface area contributed by atoms with Gasteiger partial charge in [-0.15, -0.1) is 11.3 Å². The first-order valence-corrected chi connectivity index (χ1v) is 28.3. The monoisotopic (exact) mass is 1080 g/mol. The van der Waals surface area contributed by atoms with Gasteiger partial charge in [0.2, 0.25) is 35.5 Å². The maximum atomic E-state index is 14.2. The molecule has 3 aliphatic heterocycles. The number of piperidine rings is 1.